The lowest BCUT2D eigenvalue weighted by molar-refractivity contribution is 0.143. The van der Waals surface area contributed by atoms with Crippen LogP contribution < -0.4 is 0 Å². The molecule has 0 N–H and O–H groups in total. The largest absolute Gasteiger partial charge is 0.206 e. The minimum absolute atomic E-state index is 0.182. The molecule has 2 aliphatic rings. The number of benzene rings is 1. The highest BCUT2D eigenvalue weighted by Crippen LogP contribution is 2.42. The fourth-order valence-electron chi connectivity index (χ4n) is 5.18. The van der Waals surface area contributed by atoms with Gasteiger partial charge >= 0.3 is 0 Å². The van der Waals surface area contributed by atoms with Gasteiger partial charge in [0.2, 0.25) is 0 Å². The average Bonchev–Trinajstić information content (AvgIpc) is 2.68. The quantitative estimate of drug-likeness (QED) is 0.433. The zero-order valence-electron chi connectivity index (χ0n) is 16.2. The van der Waals surface area contributed by atoms with Crippen molar-refractivity contribution in [3.8, 4) is 0 Å². The van der Waals surface area contributed by atoms with E-state index in [0.29, 0.717) is 4.47 Å². The molecule has 0 radical (unpaired) electrons. The van der Waals surface area contributed by atoms with Crippen LogP contribution in [0, 0.1) is 29.5 Å². The Balaban J connectivity index is 1.35. The van der Waals surface area contributed by atoms with E-state index in [1.807, 2.05) is 6.07 Å². The van der Waals surface area contributed by atoms with Crippen molar-refractivity contribution in [1.29, 1.82) is 0 Å². The molecule has 0 amide bonds. The normalized spacial score (nSPS) is 30.0. The lowest BCUT2D eigenvalue weighted by atomic mass is 9.68. The Morgan fingerprint density at radius 1 is 0.962 bits per heavy atom. The second kappa shape index (κ2) is 10.1. The third-order valence-corrected chi connectivity index (χ3v) is 7.67. The fourth-order valence-corrected chi connectivity index (χ4v) is 5.43. The molecule has 0 spiro atoms. The smallest absolute Gasteiger partial charge is 0.137 e. The number of rotatable bonds is 6. The van der Waals surface area contributed by atoms with E-state index < -0.39 is 0 Å². The summed E-state index contributed by atoms with van der Waals surface area (Å²) >= 11 is 3.20. The summed E-state index contributed by atoms with van der Waals surface area (Å²) in [5.41, 5.74) is 0.956. The Morgan fingerprint density at radius 2 is 1.58 bits per heavy atom. The Hall–Kier alpha value is -0.630. The van der Waals surface area contributed by atoms with Crippen molar-refractivity contribution in [2.45, 2.75) is 77.6 Å². The zero-order chi connectivity index (χ0) is 18.4. The zero-order valence-corrected chi connectivity index (χ0v) is 17.8. The number of hydrogen-bond donors (Lipinski definition) is 0. The molecule has 0 nitrogen and oxygen atoms in total. The van der Waals surface area contributed by atoms with Gasteiger partial charge in [0, 0.05) is 0 Å². The second-order valence-electron chi connectivity index (χ2n) is 8.62. The summed E-state index contributed by atoms with van der Waals surface area (Å²) < 4.78 is 14.1. The Bertz CT molecular complexity index is 578. The topological polar surface area (TPSA) is 0 Å². The molecular weight excluding hydrogens is 387 g/mol. The van der Waals surface area contributed by atoms with Gasteiger partial charge in [-0.1, -0.05) is 57.2 Å². The van der Waals surface area contributed by atoms with Crippen LogP contribution in [0.15, 0.2) is 28.7 Å². The first-order valence-corrected chi connectivity index (χ1v) is 11.6. The highest BCUT2D eigenvalue weighted by Gasteiger charge is 2.30. The van der Waals surface area contributed by atoms with E-state index in [1.165, 1.54) is 64.2 Å². The molecule has 0 saturated heterocycles. The molecule has 1 aromatic rings. The molecule has 2 heteroatoms. The van der Waals surface area contributed by atoms with Crippen molar-refractivity contribution in [1.82, 2.24) is 0 Å². The van der Waals surface area contributed by atoms with Gasteiger partial charge in [0.15, 0.2) is 0 Å². The molecule has 0 unspecified atom stereocenters. The van der Waals surface area contributed by atoms with E-state index in [2.05, 4.69) is 35.0 Å². The number of hydrogen-bond acceptors (Lipinski definition) is 0. The lowest BCUT2D eigenvalue weighted by Crippen LogP contribution is -2.25. The first-order valence-electron chi connectivity index (χ1n) is 10.8. The van der Waals surface area contributed by atoms with Crippen LogP contribution in [0.3, 0.4) is 0 Å². The maximum atomic E-state index is 13.5. The molecule has 2 saturated carbocycles. The van der Waals surface area contributed by atoms with Crippen LogP contribution in [0.2, 0.25) is 0 Å². The van der Waals surface area contributed by atoms with Gasteiger partial charge in [-0.3, -0.25) is 0 Å². The van der Waals surface area contributed by atoms with Gasteiger partial charge < -0.3 is 0 Å². The molecule has 0 bridgehead atoms. The summed E-state index contributed by atoms with van der Waals surface area (Å²) in [7, 11) is 0. The monoisotopic (exact) mass is 420 g/mol. The molecule has 0 atom stereocenters. The lowest BCUT2D eigenvalue weighted by Gasteiger charge is -2.37. The van der Waals surface area contributed by atoms with Gasteiger partial charge in [-0.15, -0.1) is 0 Å². The van der Waals surface area contributed by atoms with E-state index in [0.717, 1.165) is 35.7 Å². The first-order chi connectivity index (χ1) is 12.7. The summed E-state index contributed by atoms with van der Waals surface area (Å²) in [6, 6.07) is 5.34. The van der Waals surface area contributed by atoms with Crippen LogP contribution in [0.4, 0.5) is 4.39 Å². The second-order valence-corrected chi connectivity index (χ2v) is 9.48. The highest BCUT2D eigenvalue weighted by molar-refractivity contribution is 9.10. The van der Waals surface area contributed by atoms with Gasteiger partial charge in [0.05, 0.1) is 4.47 Å². The molecule has 2 aliphatic carbocycles. The summed E-state index contributed by atoms with van der Waals surface area (Å²) in [6.07, 6.45) is 19.9. The van der Waals surface area contributed by atoms with E-state index in [9.17, 15) is 4.39 Å². The van der Waals surface area contributed by atoms with Crippen LogP contribution in [-0.4, -0.2) is 0 Å². The molecular formula is C24H34BrF. The van der Waals surface area contributed by atoms with Crippen molar-refractivity contribution in [2.24, 2.45) is 23.7 Å². The maximum absolute atomic E-state index is 13.5. The predicted molar refractivity (Wildman–Crippen MR) is 114 cm³/mol. The molecule has 0 aromatic heterocycles. The van der Waals surface area contributed by atoms with E-state index in [1.54, 1.807) is 12.1 Å². The van der Waals surface area contributed by atoms with E-state index in [-0.39, 0.29) is 5.82 Å². The van der Waals surface area contributed by atoms with Gasteiger partial charge in [0.25, 0.3) is 0 Å². The summed E-state index contributed by atoms with van der Waals surface area (Å²) in [6.45, 7) is 2.36. The van der Waals surface area contributed by atoms with Crippen LogP contribution in [-0.2, 0) is 0 Å². The third-order valence-electron chi connectivity index (χ3n) is 7.02. The third kappa shape index (κ3) is 5.68. The standard InChI is InChI=1S/C24H34BrF/c1-2-18-7-12-21(13-8-18)22-14-9-19(10-15-22)5-3-4-6-20-11-16-23(25)24(26)17-20/h4,6,11,16-19,21-22H,2-3,5,7-10,12-15H2,1H3/b6-4-. The first kappa shape index (κ1) is 20.1. The SMILES string of the molecule is CCC1CCC(C2CCC(CC/C=C\c3ccc(Br)c(F)c3)CC2)CC1. The molecule has 2 fully saturated rings. The van der Waals surface area contributed by atoms with Crippen molar-refractivity contribution < 1.29 is 4.39 Å². The minimum atomic E-state index is -0.182. The Labute approximate surface area is 167 Å². The van der Waals surface area contributed by atoms with Crippen molar-refractivity contribution >= 4 is 22.0 Å². The minimum Gasteiger partial charge on any atom is -0.206 e. The average molecular weight is 421 g/mol. The van der Waals surface area contributed by atoms with Gasteiger partial charge in [0.1, 0.15) is 5.82 Å². The molecule has 144 valence electrons. The summed E-state index contributed by atoms with van der Waals surface area (Å²) in [4.78, 5) is 0. The predicted octanol–water partition coefficient (Wildman–Crippen LogP) is 8.40. The fraction of sp³-hybridized carbons (Fsp3) is 0.667. The Kier molecular flexibility index (Phi) is 7.78. The molecule has 0 heterocycles. The van der Waals surface area contributed by atoms with Gasteiger partial charge in [-0.05, 0) is 95.8 Å². The summed E-state index contributed by atoms with van der Waals surface area (Å²) in [5, 5.41) is 0. The van der Waals surface area contributed by atoms with E-state index >= 15 is 0 Å². The molecule has 1 aromatic carbocycles. The van der Waals surface area contributed by atoms with Crippen molar-refractivity contribution in [3.63, 3.8) is 0 Å². The van der Waals surface area contributed by atoms with Crippen molar-refractivity contribution in [2.75, 3.05) is 0 Å². The van der Waals surface area contributed by atoms with Crippen LogP contribution in [0.25, 0.3) is 6.08 Å². The summed E-state index contributed by atoms with van der Waals surface area (Å²) in [5.74, 6) is 3.80. The maximum Gasteiger partial charge on any atom is 0.137 e. The number of allylic oxidation sites excluding steroid dienone is 1. The van der Waals surface area contributed by atoms with Crippen LogP contribution in [0.1, 0.15) is 83.1 Å². The number of halogens is 2. The molecule has 0 aliphatic heterocycles. The highest BCUT2D eigenvalue weighted by atomic mass is 79.9. The Morgan fingerprint density at radius 3 is 2.15 bits per heavy atom. The van der Waals surface area contributed by atoms with E-state index in [4.69, 9.17) is 0 Å². The van der Waals surface area contributed by atoms with Gasteiger partial charge in [-0.25, -0.2) is 4.39 Å². The van der Waals surface area contributed by atoms with Gasteiger partial charge in [-0.2, -0.15) is 0 Å². The van der Waals surface area contributed by atoms with Crippen LogP contribution >= 0.6 is 15.9 Å². The molecule has 26 heavy (non-hydrogen) atoms. The van der Waals surface area contributed by atoms with Crippen LogP contribution in [0.5, 0.6) is 0 Å². The molecule has 3 rings (SSSR count). The van der Waals surface area contributed by atoms with Crippen molar-refractivity contribution in [3.05, 3.63) is 40.1 Å².